The number of fused-ring (bicyclic) bond motifs is 1. The van der Waals surface area contributed by atoms with Gasteiger partial charge in [0.05, 0.1) is 12.3 Å². The second-order valence-corrected chi connectivity index (χ2v) is 7.39. The van der Waals surface area contributed by atoms with Crippen LogP contribution < -0.4 is 10.5 Å². The molecule has 2 aliphatic rings. The predicted molar refractivity (Wildman–Crippen MR) is 89.8 cm³/mol. The van der Waals surface area contributed by atoms with E-state index in [1.54, 1.807) is 0 Å². The highest BCUT2D eigenvalue weighted by atomic mass is 16.6. The highest BCUT2D eigenvalue weighted by Gasteiger charge is 2.30. The Morgan fingerprint density at radius 2 is 2.00 bits per heavy atom. The molecule has 2 N–H and O–H groups in total. The molecule has 1 aromatic rings. The van der Waals surface area contributed by atoms with Crippen molar-refractivity contribution in [3.8, 4) is 5.75 Å². The number of nitrogens with two attached hydrogens (primary N) is 1. The highest BCUT2D eigenvalue weighted by Crippen LogP contribution is 2.40. The van der Waals surface area contributed by atoms with Gasteiger partial charge in [-0.15, -0.1) is 0 Å². The molecule has 1 fully saturated rings. The molecule has 0 aromatic heterocycles. The SMILES string of the molecule is CC(C)(C)OC(=O)N1CCC(c2ccc(N)c3c2CCO3)CC1. The summed E-state index contributed by atoms with van der Waals surface area (Å²) in [7, 11) is 0. The number of benzene rings is 1. The maximum atomic E-state index is 12.2. The number of hydrogen-bond acceptors (Lipinski definition) is 4. The van der Waals surface area contributed by atoms with Crippen LogP contribution in [0.5, 0.6) is 5.75 Å². The van der Waals surface area contributed by atoms with Crippen molar-refractivity contribution in [2.75, 3.05) is 25.4 Å². The molecule has 5 heteroatoms. The van der Waals surface area contributed by atoms with Gasteiger partial charge in [-0.3, -0.25) is 0 Å². The third-order valence-corrected chi connectivity index (χ3v) is 4.51. The summed E-state index contributed by atoms with van der Waals surface area (Å²) in [5.74, 6) is 1.34. The second-order valence-electron chi connectivity index (χ2n) is 7.39. The van der Waals surface area contributed by atoms with E-state index in [0.29, 0.717) is 12.5 Å². The number of anilines is 1. The number of ether oxygens (including phenoxy) is 2. The fourth-order valence-electron chi connectivity index (χ4n) is 3.43. The van der Waals surface area contributed by atoms with Gasteiger partial charge >= 0.3 is 6.09 Å². The van der Waals surface area contributed by atoms with E-state index in [1.165, 1.54) is 11.1 Å². The summed E-state index contributed by atoms with van der Waals surface area (Å²) < 4.78 is 11.1. The standard InChI is InChI=1S/C18H26N2O3/c1-18(2,3)23-17(21)20-9-6-12(7-10-20)13-4-5-15(19)16-14(13)8-11-22-16/h4-5,12H,6-11,19H2,1-3H3. The summed E-state index contributed by atoms with van der Waals surface area (Å²) in [6, 6.07) is 4.08. The van der Waals surface area contributed by atoms with Crippen molar-refractivity contribution in [1.82, 2.24) is 4.90 Å². The van der Waals surface area contributed by atoms with Crippen LogP contribution in [-0.2, 0) is 11.2 Å². The van der Waals surface area contributed by atoms with Gasteiger partial charge < -0.3 is 20.1 Å². The molecule has 3 rings (SSSR count). The predicted octanol–water partition coefficient (Wildman–Crippen LogP) is 3.32. The first-order chi connectivity index (χ1) is 10.8. The first kappa shape index (κ1) is 16.0. The van der Waals surface area contributed by atoms with Gasteiger partial charge in [-0.2, -0.15) is 0 Å². The van der Waals surface area contributed by atoms with E-state index in [4.69, 9.17) is 15.2 Å². The molecule has 1 aromatic carbocycles. The van der Waals surface area contributed by atoms with Crippen LogP contribution in [0.2, 0.25) is 0 Å². The number of nitrogens with zero attached hydrogens (tertiary/aromatic N) is 1. The fourth-order valence-corrected chi connectivity index (χ4v) is 3.43. The number of piperidine rings is 1. The van der Waals surface area contributed by atoms with E-state index in [-0.39, 0.29) is 6.09 Å². The molecular formula is C18H26N2O3. The van der Waals surface area contributed by atoms with Gasteiger partial charge in [-0.1, -0.05) is 6.07 Å². The molecule has 1 amide bonds. The lowest BCUT2D eigenvalue weighted by Crippen LogP contribution is -2.41. The summed E-state index contributed by atoms with van der Waals surface area (Å²) in [6.45, 7) is 7.88. The summed E-state index contributed by atoms with van der Waals surface area (Å²) in [6.07, 6.45) is 2.63. The van der Waals surface area contributed by atoms with Crippen molar-refractivity contribution in [3.05, 3.63) is 23.3 Å². The quantitative estimate of drug-likeness (QED) is 0.807. The largest absolute Gasteiger partial charge is 0.491 e. The van der Waals surface area contributed by atoms with Crippen molar-refractivity contribution >= 4 is 11.8 Å². The molecular weight excluding hydrogens is 292 g/mol. The first-order valence-corrected chi connectivity index (χ1v) is 8.37. The molecule has 126 valence electrons. The zero-order chi connectivity index (χ0) is 16.6. The minimum Gasteiger partial charge on any atom is -0.491 e. The highest BCUT2D eigenvalue weighted by molar-refractivity contribution is 5.68. The van der Waals surface area contributed by atoms with Crippen molar-refractivity contribution < 1.29 is 14.3 Å². The van der Waals surface area contributed by atoms with Crippen molar-refractivity contribution in [1.29, 1.82) is 0 Å². The van der Waals surface area contributed by atoms with Gasteiger partial charge in [0.25, 0.3) is 0 Å². The van der Waals surface area contributed by atoms with Gasteiger partial charge in [0.1, 0.15) is 11.4 Å². The minimum atomic E-state index is -0.441. The van der Waals surface area contributed by atoms with Crippen LogP contribution in [0.4, 0.5) is 10.5 Å². The molecule has 0 spiro atoms. The number of carbonyl (C=O) groups is 1. The van der Waals surface area contributed by atoms with Crippen molar-refractivity contribution in [2.24, 2.45) is 0 Å². The Hall–Kier alpha value is -1.91. The van der Waals surface area contributed by atoms with Crippen LogP contribution in [0.3, 0.4) is 0 Å². The Balaban J connectivity index is 1.66. The summed E-state index contributed by atoms with van der Waals surface area (Å²) in [4.78, 5) is 14.0. The molecule has 0 radical (unpaired) electrons. The third kappa shape index (κ3) is 3.38. The lowest BCUT2D eigenvalue weighted by molar-refractivity contribution is 0.0205. The molecule has 5 nitrogen and oxygen atoms in total. The number of carbonyl (C=O) groups excluding carboxylic acids is 1. The summed E-state index contributed by atoms with van der Waals surface area (Å²) in [5, 5.41) is 0. The van der Waals surface area contributed by atoms with Gasteiger partial charge in [0, 0.05) is 25.1 Å². The Morgan fingerprint density at radius 3 is 2.65 bits per heavy atom. The van der Waals surface area contributed by atoms with Crippen LogP contribution in [-0.4, -0.2) is 36.3 Å². The van der Waals surface area contributed by atoms with E-state index in [9.17, 15) is 4.79 Å². The van der Waals surface area contributed by atoms with Gasteiger partial charge in [-0.05, 0) is 51.2 Å². The van der Waals surface area contributed by atoms with Crippen molar-refractivity contribution in [3.63, 3.8) is 0 Å². The Bertz CT molecular complexity index is 599. The van der Waals surface area contributed by atoms with E-state index >= 15 is 0 Å². The Labute approximate surface area is 137 Å². The second kappa shape index (κ2) is 5.95. The normalized spacial score (nSPS) is 18.5. The van der Waals surface area contributed by atoms with Gasteiger partial charge in [0.2, 0.25) is 0 Å². The van der Waals surface area contributed by atoms with Crippen LogP contribution >= 0.6 is 0 Å². The Morgan fingerprint density at radius 1 is 1.30 bits per heavy atom. The topological polar surface area (TPSA) is 64.8 Å². The van der Waals surface area contributed by atoms with Crippen LogP contribution in [0.15, 0.2) is 12.1 Å². The van der Waals surface area contributed by atoms with E-state index < -0.39 is 5.60 Å². The number of rotatable bonds is 1. The number of amides is 1. The third-order valence-electron chi connectivity index (χ3n) is 4.51. The molecule has 2 aliphatic heterocycles. The average molecular weight is 318 g/mol. The smallest absolute Gasteiger partial charge is 0.410 e. The molecule has 0 bridgehead atoms. The molecule has 0 aliphatic carbocycles. The molecule has 0 saturated carbocycles. The molecule has 0 atom stereocenters. The minimum absolute atomic E-state index is 0.207. The number of hydrogen-bond donors (Lipinski definition) is 1. The fraction of sp³-hybridized carbons (Fsp3) is 0.611. The van der Waals surface area contributed by atoms with Gasteiger partial charge in [-0.25, -0.2) is 4.79 Å². The maximum Gasteiger partial charge on any atom is 0.410 e. The lowest BCUT2D eigenvalue weighted by Gasteiger charge is -2.34. The zero-order valence-corrected chi connectivity index (χ0v) is 14.2. The van der Waals surface area contributed by atoms with Crippen LogP contribution in [0, 0.1) is 0 Å². The van der Waals surface area contributed by atoms with E-state index in [1.807, 2.05) is 31.7 Å². The van der Waals surface area contributed by atoms with Crippen LogP contribution in [0.1, 0.15) is 50.7 Å². The number of nitrogen functional groups attached to an aromatic ring is 1. The lowest BCUT2D eigenvalue weighted by atomic mass is 9.85. The monoisotopic (exact) mass is 318 g/mol. The molecule has 0 unspecified atom stereocenters. The van der Waals surface area contributed by atoms with Gasteiger partial charge in [0.15, 0.2) is 0 Å². The summed E-state index contributed by atoms with van der Waals surface area (Å²) >= 11 is 0. The van der Waals surface area contributed by atoms with Crippen molar-refractivity contribution in [2.45, 2.75) is 51.6 Å². The zero-order valence-electron chi connectivity index (χ0n) is 14.2. The van der Waals surface area contributed by atoms with E-state index in [2.05, 4.69) is 6.07 Å². The first-order valence-electron chi connectivity index (χ1n) is 8.37. The number of likely N-dealkylation sites (tertiary alicyclic amines) is 1. The van der Waals surface area contributed by atoms with E-state index in [0.717, 1.165) is 43.8 Å². The average Bonchev–Trinajstić information content (AvgIpc) is 2.96. The molecule has 2 heterocycles. The maximum absolute atomic E-state index is 12.2. The van der Waals surface area contributed by atoms with Crippen LogP contribution in [0.25, 0.3) is 0 Å². The summed E-state index contributed by atoms with van der Waals surface area (Å²) in [5.41, 5.74) is 8.89. The Kier molecular flexibility index (Phi) is 4.13. The molecule has 1 saturated heterocycles. The molecule has 23 heavy (non-hydrogen) atoms.